The minimum atomic E-state index is -0.00308. The predicted molar refractivity (Wildman–Crippen MR) is 183 cm³/mol. The molecule has 0 fully saturated rings. The summed E-state index contributed by atoms with van der Waals surface area (Å²) in [6, 6.07) is 11.7. The number of carbonyl (C=O) groups excluding carboxylic acids is 2. The second-order valence-electron chi connectivity index (χ2n) is 10.0. The number of hydrogen-bond acceptors (Lipinski definition) is 4. The molecular formula is C30H34Cl4N4O2S2. The molecule has 2 aromatic carbocycles. The van der Waals surface area contributed by atoms with Crippen molar-refractivity contribution in [1.82, 2.24) is 19.8 Å². The molecule has 0 unspecified atom stereocenters. The Morgan fingerprint density at radius 2 is 1.00 bits per heavy atom. The molecule has 226 valence electrons. The van der Waals surface area contributed by atoms with Gasteiger partial charge in [-0.25, -0.2) is 0 Å². The average Bonchev–Trinajstić information content (AvgIpc) is 3.54. The smallest absolute Gasteiger partial charge is 0.230 e. The molecule has 4 aromatic rings. The second kappa shape index (κ2) is 17.0. The monoisotopic (exact) mass is 686 g/mol. The summed E-state index contributed by atoms with van der Waals surface area (Å²) in [5.74, 6) is 0.665. The fourth-order valence-electron chi connectivity index (χ4n) is 4.67. The first-order valence-corrected chi connectivity index (χ1v) is 18.0. The van der Waals surface area contributed by atoms with Crippen LogP contribution < -0.4 is 10.6 Å². The molecule has 0 saturated heterocycles. The lowest BCUT2D eigenvalue weighted by molar-refractivity contribution is -0.119. The van der Waals surface area contributed by atoms with E-state index < -0.39 is 0 Å². The summed E-state index contributed by atoms with van der Waals surface area (Å²) in [4.78, 5) is 24.2. The summed E-state index contributed by atoms with van der Waals surface area (Å²) in [5, 5.41) is 10.3. The maximum atomic E-state index is 12.1. The van der Waals surface area contributed by atoms with Crippen LogP contribution in [0, 0.1) is 0 Å². The molecule has 12 heteroatoms. The number of aromatic nitrogens is 2. The molecule has 0 saturated carbocycles. The molecule has 2 amide bonds. The molecular weight excluding hydrogens is 654 g/mol. The van der Waals surface area contributed by atoms with Gasteiger partial charge in [0.15, 0.2) is 0 Å². The zero-order valence-corrected chi connectivity index (χ0v) is 27.8. The number of unbranched alkanes of at least 4 members (excludes halogenated alkanes) is 4. The number of hydrogen-bond donors (Lipinski definition) is 2. The number of fused-ring (bicyclic) bond motifs is 2. The van der Waals surface area contributed by atoms with Gasteiger partial charge in [0.1, 0.15) is 0 Å². The highest BCUT2D eigenvalue weighted by atomic mass is 35.5. The van der Waals surface area contributed by atoms with Gasteiger partial charge in [0.2, 0.25) is 11.8 Å². The summed E-state index contributed by atoms with van der Waals surface area (Å²) >= 11 is 24.5. The lowest BCUT2D eigenvalue weighted by Crippen LogP contribution is -2.27. The average molecular weight is 689 g/mol. The third kappa shape index (κ3) is 9.93. The first kappa shape index (κ1) is 33.2. The number of nitrogens with zero attached hydrogens (tertiary/aromatic N) is 2. The zero-order valence-electron chi connectivity index (χ0n) is 23.1. The number of carbonyl (C=O) groups is 2. The Morgan fingerprint density at radius 3 is 1.43 bits per heavy atom. The SMILES string of the molecule is O=C(CSSCC(=O)NCCCCCn1ccc2cc(Cl)c(Cl)cc21)NCCCCCn1ccc2cc(Cl)c(Cl)cc21. The Balaban J connectivity index is 0.967. The molecule has 0 aliphatic carbocycles. The predicted octanol–water partition coefficient (Wildman–Crippen LogP) is 8.86. The lowest BCUT2D eigenvalue weighted by Gasteiger charge is -2.08. The lowest BCUT2D eigenvalue weighted by atomic mass is 10.2. The van der Waals surface area contributed by atoms with Crippen molar-refractivity contribution in [1.29, 1.82) is 0 Å². The maximum Gasteiger partial charge on any atom is 0.230 e. The normalized spacial score (nSPS) is 11.4. The van der Waals surface area contributed by atoms with E-state index in [0.29, 0.717) is 44.7 Å². The van der Waals surface area contributed by atoms with Gasteiger partial charge in [-0.2, -0.15) is 0 Å². The third-order valence-corrected chi connectivity index (χ3v) is 10.5. The van der Waals surface area contributed by atoms with E-state index in [1.165, 1.54) is 21.6 Å². The van der Waals surface area contributed by atoms with E-state index in [2.05, 4.69) is 32.2 Å². The van der Waals surface area contributed by atoms with Crippen molar-refractivity contribution in [3.05, 3.63) is 68.9 Å². The third-order valence-electron chi connectivity index (χ3n) is 6.89. The molecule has 2 aromatic heterocycles. The fourth-order valence-corrected chi connectivity index (χ4v) is 7.06. The van der Waals surface area contributed by atoms with E-state index in [1.54, 1.807) is 0 Å². The number of halogens is 4. The van der Waals surface area contributed by atoms with Gasteiger partial charge in [-0.1, -0.05) is 68.0 Å². The molecule has 0 spiro atoms. The van der Waals surface area contributed by atoms with Crippen molar-refractivity contribution in [2.45, 2.75) is 51.6 Å². The first-order valence-electron chi connectivity index (χ1n) is 14.0. The Morgan fingerprint density at radius 1 is 0.595 bits per heavy atom. The van der Waals surface area contributed by atoms with Crippen LogP contribution in [0.15, 0.2) is 48.8 Å². The molecule has 2 N–H and O–H groups in total. The van der Waals surface area contributed by atoms with Gasteiger partial charge < -0.3 is 19.8 Å². The summed E-state index contributed by atoms with van der Waals surface area (Å²) in [6.07, 6.45) is 9.98. The summed E-state index contributed by atoms with van der Waals surface area (Å²) in [7, 11) is 2.82. The van der Waals surface area contributed by atoms with Gasteiger partial charge in [-0.3, -0.25) is 9.59 Å². The van der Waals surface area contributed by atoms with E-state index in [1.807, 2.05) is 36.4 Å². The quantitative estimate of drug-likeness (QED) is 0.0860. The molecule has 0 aliphatic rings. The topological polar surface area (TPSA) is 68.1 Å². The number of amides is 2. The fraction of sp³-hybridized carbons (Fsp3) is 0.400. The van der Waals surface area contributed by atoms with Crippen molar-refractivity contribution in [2.75, 3.05) is 24.6 Å². The minimum Gasteiger partial charge on any atom is -0.355 e. The van der Waals surface area contributed by atoms with Crippen LogP contribution in [0.3, 0.4) is 0 Å². The van der Waals surface area contributed by atoms with Crippen molar-refractivity contribution in [3.8, 4) is 0 Å². The van der Waals surface area contributed by atoms with E-state index >= 15 is 0 Å². The van der Waals surface area contributed by atoms with Gasteiger partial charge >= 0.3 is 0 Å². The van der Waals surface area contributed by atoms with Gasteiger partial charge in [0.05, 0.1) is 31.6 Å². The second-order valence-corrected chi connectivity index (χ2v) is 14.1. The zero-order chi connectivity index (χ0) is 29.9. The molecule has 6 nitrogen and oxygen atoms in total. The van der Waals surface area contributed by atoms with E-state index in [9.17, 15) is 9.59 Å². The highest BCUT2D eigenvalue weighted by Gasteiger charge is 2.08. The molecule has 4 rings (SSSR count). The van der Waals surface area contributed by atoms with E-state index in [-0.39, 0.29) is 11.8 Å². The van der Waals surface area contributed by atoms with Gasteiger partial charge in [0.25, 0.3) is 0 Å². The van der Waals surface area contributed by atoms with Crippen molar-refractivity contribution < 1.29 is 9.59 Å². The highest BCUT2D eigenvalue weighted by molar-refractivity contribution is 8.77. The van der Waals surface area contributed by atoms with Crippen molar-refractivity contribution in [2.24, 2.45) is 0 Å². The molecule has 0 aliphatic heterocycles. The number of benzene rings is 2. The Kier molecular flexibility index (Phi) is 13.4. The maximum absolute atomic E-state index is 12.1. The highest BCUT2D eigenvalue weighted by Crippen LogP contribution is 2.30. The van der Waals surface area contributed by atoms with Crippen LogP contribution in [0.25, 0.3) is 21.8 Å². The Bertz CT molecular complexity index is 1400. The Labute approximate surface area is 274 Å². The standard InChI is InChI=1S/C30H34Cl4N4O2S2/c31-23-15-21-7-13-37(27(21)17-25(23)33)11-5-1-3-9-35-29(39)19-41-42-20-30(40)36-10-4-2-6-12-38-14-8-22-16-24(32)26(34)18-28(22)38/h7-8,13-18H,1-6,9-12,19-20H2,(H,35,39)(H,36,40). The summed E-state index contributed by atoms with van der Waals surface area (Å²) in [5.41, 5.74) is 2.16. The van der Waals surface area contributed by atoms with Crippen LogP contribution in [-0.2, 0) is 22.7 Å². The molecule has 42 heavy (non-hydrogen) atoms. The summed E-state index contributed by atoms with van der Waals surface area (Å²) in [6.45, 7) is 3.09. The summed E-state index contributed by atoms with van der Waals surface area (Å²) < 4.78 is 4.36. The van der Waals surface area contributed by atoms with Crippen LogP contribution in [0.4, 0.5) is 0 Å². The van der Waals surface area contributed by atoms with E-state index in [4.69, 9.17) is 46.4 Å². The molecule has 0 atom stereocenters. The van der Waals surface area contributed by atoms with Gasteiger partial charge in [0, 0.05) is 60.4 Å². The van der Waals surface area contributed by atoms with Crippen LogP contribution >= 0.6 is 68.0 Å². The van der Waals surface area contributed by atoms with Gasteiger partial charge in [-0.15, -0.1) is 0 Å². The number of aryl methyl sites for hydroxylation is 2. The van der Waals surface area contributed by atoms with Crippen molar-refractivity contribution in [3.63, 3.8) is 0 Å². The molecule has 0 bridgehead atoms. The Hall–Kier alpha value is -1.68. The van der Waals surface area contributed by atoms with Crippen LogP contribution in [0.2, 0.25) is 20.1 Å². The van der Waals surface area contributed by atoms with Crippen LogP contribution in [-0.4, -0.2) is 45.5 Å². The number of nitrogens with one attached hydrogen (secondary N) is 2. The number of rotatable bonds is 17. The van der Waals surface area contributed by atoms with Crippen LogP contribution in [0.1, 0.15) is 38.5 Å². The van der Waals surface area contributed by atoms with E-state index in [0.717, 1.165) is 73.4 Å². The largest absolute Gasteiger partial charge is 0.355 e. The van der Waals surface area contributed by atoms with Crippen molar-refractivity contribution >= 4 is 102 Å². The molecule has 2 heterocycles. The first-order chi connectivity index (χ1) is 20.3. The van der Waals surface area contributed by atoms with Gasteiger partial charge in [-0.05, 0) is 74.9 Å². The minimum absolute atomic E-state index is 0.00308. The molecule has 0 radical (unpaired) electrons. The van der Waals surface area contributed by atoms with Crippen LogP contribution in [0.5, 0.6) is 0 Å².